The first-order chi connectivity index (χ1) is 15.2. The molecule has 6 heteroatoms. The van der Waals surface area contributed by atoms with E-state index in [-0.39, 0.29) is 17.9 Å². The molecule has 0 spiro atoms. The van der Waals surface area contributed by atoms with Crippen LogP contribution in [0, 0.1) is 0 Å². The summed E-state index contributed by atoms with van der Waals surface area (Å²) in [6, 6.07) is 15.8. The molecule has 0 unspecified atom stereocenters. The highest BCUT2D eigenvalue weighted by Gasteiger charge is 2.27. The van der Waals surface area contributed by atoms with E-state index in [2.05, 4.69) is 17.4 Å². The van der Waals surface area contributed by atoms with E-state index >= 15 is 0 Å². The molecule has 2 aliphatic rings. The van der Waals surface area contributed by atoms with Crippen molar-refractivity contribution in [1.82, 2.24) is 5.32 Å². The molecule has 4 rings (SSSR count). The standard InChI is InChI=1S/C25H31N3O3/c1-31-22-13-9-19(10-14-22)23(27-15-3-2-4-16-27)18-26-25(30)20-7-11-21(12-8-20)28-17-5-6-24(28)29/h7-14,23H,2-6,15-18H2,1H3,(H,26,30)/p+1/t23-/m0/s1. The lowest BCUT2D eigenvalue weighted by Gasteiger charge is -2.32. The summed E-state index contributed by atoms with van der Waals surface area (Å²) in [7, 11) is 1.67. The van der Waals surface area contributed by atoms with Gasteiger partial charge in [-0.05, 0) is 74.2 Å². The van der Waals surface area contributed by atoms with Crippen molar-refractivity contribution in [2.24, 2.45) is 0 Å². The van der Waals surface area contributed by atoms with Crippen molar-refractivity contribution in [2.45, 2.75) is 38.1 Å². The Bertz CT molecular complexity index is 889. The van der Waals surface area contributed by atoms with Gasteiger partial charge in [-0.3, -0.25) is 9.59 Å². The monoisotopic (exact) mass is 422 g/mol. The van der Waals surface area contributed by atoms with E-state index in [1.807, 2.05) is 36.4 Å². The Kier molecular flexibility index (Phi) is 6.87. The van der Waals surface area contributed by atoms with Gasteiger partial charge in [0.15, 0.2) is 0 Å². The maximum Gasteiger partial charge on any atom is 0.251 e. The van der Waals surface area contributed by atoms with Gasteiger partial charge in [0.1, 0.15) is 11.8 Å². The third kappa shape index (κ3) is 5.07. The first-order valence-corrected chi connectivity index (χ1v) is 11.3. The molecule has 0 aliphatic carbocycles. The van der Waals surface area contributed by atoms with Gasteiger partial charge in [-0.2, -0.15) is 0 Å². The van der Waals surface area contributed by atoms with Gasteiger partial charge in [-0.1, -0.05) is 0 Å². The molecule has 0 saturated carbocycles. The fourth-order valence-corrected chi connectivity index (χ4v) is 4.70. The van der Waals surface area contributed by atoms with E-state index in [9.17, 15) is 9.59 Å². The highest BCUT2D eigenvalue weighted by molar-refractivity contribution is 5.97. The predicted molar refractivity (Wildman–Crippen MR) is 121 cm³/mol. The zero-order chi connectivity index (χ0) is 21.6. The lowest BCUT2D eigenvalue weighted by molar-refractivity contribution is -0.935. The summed E-state index contributed by atoms with van der Waals surface area (Å²) in [6.45, 7) is 3.61. The minimum Gasteiger partial charge on any atom is -0.497 e. The molecule has 31 heavy (non-hydrogen) atoms. The van der Waals surface area contributed by atoms with Crippen LogP contribution in [0.2, 0.25) is 0 Å². The van der Waals surface area contributed by atoms with Crippen LogP contribution in [0.25, 0.3) is 0 Å². The predicted octanol–water partition coefficient (Wildman–Crippen LogP) is 2.36. The van der Waals surface area contributed by atoms with Gasteiger partial charge >= 0.3 is 0 Å². The second kappa shape index (κ2) is 9.96. The van der Waals surface area contributed by atoms with Crippen LogP contribution in [0.4, 0.5) is 5.69 Å². The largest absolute Gasteiger partial charge is 0.497 e. The van der Waals surface area contributed by atoms with Gasteiger partial charge < -0.3 is 19.9 Å². The summed E-state index contributed by atoms with van der Waals surface area (Å²) in [5, 5.41) is 3.15. The molecule has 0 aromatic heterocycles. The van der Waals surface area contributed by atoms with Crippen molar-refractivity contribution >= 4 is 17.5 Å². The van der Waals surface area contributed by atoms with Gasteiger partial charge in [-0.15, -0.1) is 0 Å². The number of amides is 2. The van der Waals surface area contributed by atoms with Gasteiger partial charge in [0.05, 0.1) is 26.7 Å². The van der Waals surface area contributed by atoms with E-state index < -0.39 is 0 Å². The summed E-state index contributed by atoms with van der Waals surface area (Å²) in [4.78, 5) is 28.1. The van der Waals surface area contributed by atoms with Gasteiger partial charge in [0.25, 0.3) is 5.91 Å². The minimum atomic E-state index is -0.0748. The maximum atomic E-state index is 12.8. The number of benzene rings is 2. The topological polar surface area (TPSA) is 63.1 Å². The summed E-state index contributed by atoms with van der Waals surface area (Å²) >= 11 is 0. The molecule has 2 N–H and O–H groups in total. The molecule has 2 amide bonds. The second-order valence-electron chi connectivity index (χ2n) is 8.45. The third-order valence-electron chi connectivity index (χ3n) is 6.49. The Morgan fingerprint density at radius 1 is 1.03 bits per heavy atom. The molecular formula is C25H32N3O3+. The Balaban J connectivity index is 1.43. The van der Waals surface area contributed by atoms with E-state index in [1.54, 1.807) is 12.0 Å². The van der Waals surface area contributed by atoms with E-state index in [0.29, 0.717) is 18.5 Å². The van der Waals surface area contributed by atoms with Gasteiger partial charge in [-0.25, -0.2) is 0 Å². The Morgan fingerprint density at radius 2 is 1.74 bits per heavy atom. The lowest BCUT2D eigenvalue weighted by Crippen LogP contribution is -3.13. The van der Waals surface area contributed by atoms with Crippen molar-refractivity contribution in [3.8, 4) is 5.75 Å². The zero-order valence-electron chi connectivity index (χ0n) is 18.2. The summed E-state index contributed by atoms with van der Waals surface area (Å²) in [5.74, 6) is 0.926. The average molecular weight is 423 g/mol. The number of carbonyl (C=O) groups excluding carboxylic acids is 2. The smallest absolute Gasteiger partial charge is 0.251 e. The molecular weight excluding hydrogens is 390 g/mol. The lowest BCUT2D eigenvalue weighted by atomic mass is 10.0. The van der Waals surface area contributed by atoms with Gasteiger partial charge in [0.2, 0.25) is 5.91 Å². The number of ether oxygens (including phenoxy) is 1. The molecule has 2 aromatic rings. The quantitative estimate of drug-likeness (QED) is 0.720. The Hall–Kier alpha value is -2.86. The van der Waals surface area contributed by atoms with Crippen LogP contribution in [-0.4, -0.2) is 45.1 Å². The average Bonchev–Trinajstić information content (AvgIpc) is 3.26. The number of nitrogens with one attached hydrogen (secondary N) is 2. The number of piperidine rings is 1. The van der Waals surface area contributed by atoms with Crippen LogP contribution in [0.15, 0.2) is 48.5 Å². The summed E-state index contributed by atoms with van der Waals surface area (Å²) < 4.78 is 5.30. The molecule has 2 heterocycles. The van der Waals surface area contributed by atoms with Crippen LogP contribution in [-0.2, 0) is 4.79 Å². The van der Waals surface area contributed by atoms with Crippen LogP contribution in [0.3, 0.4) is 0 Å². The molecule has 0 radical (unpaired) electrons. The number of rotatable bonds is 7. The normalized spacial score (nSPS) is 18.1. The molecule has 1 atom stereocenters. The fraction of sp³-hybridized carbons (Fsp3) is 0.440. The summed E-state index contributed by atoms with van der Waals surface area (Å²) in [5.41, 5.74) is 2.71. The molecule has 2 aromatic carbocycles. The number of methoxy groups -OCH3 is 1. The van der Waals surface area contributed by atoms with Crippen LogP contribution in [0.5, 0.6) is 5.75 Å². The molecule has 2 saturated heterocycles. The Labute approximate surface area is 184 Å². The number of hydrogen-bond acceptors (Lipinski definition) is 3. The maximum absolute atomic E-state index is 12.8. The van der Waals surface area contributed by atoms with Crippen molar-refractivity contribution in [1.29, 1.82) is 0 Å². The Morgan fingerprint density at radius 3 is 2.35 bits per heavy atom. The van der Waals surface area contributed by atoms with Crippen molar-refractivity contribution in [2.75, 3.05) is 38.2 Å². The molecule has 2 fully saturated rings. The number of carbonyl (C=O) groups is 2. The number of nitrogens with zero attached hydrogens (tertiary/aromatic N) is 1. The number of anilines is 1. The van der Waals surface area contributed by atoms with Crippen LogP contribution >= 0.6 is 0 Å². The number of hydrogen-bond donors (Lipinski definition) is 2. The first kappa shape index (κ1) is 21.4. The van der Waals surface area contributed by atoms with E-state index in [4.69, 9.17) is 4.74 Å². The SMILES string of the molecule is COc1ccc([C@H](CNC(=O)c2ccc(N3CCCC3=O)cc2)[NH+]2CCCCC2)cc1. The van der Waals surface area contributed by atoms with Crippen molar-refractivity contribution in [3.05, 3.63) is 59.7 Å². The van der Waals surface area contributed by atoms with Crippen molar-refractivity contribution in [3.63, 3.8) is 0 Å². The molecule has 2 aliphatic heterocycles. The van der Waals surface area contributed by atoms with E-state index in [0.717, 1.165) is 37.5 Å². The molecule has 164 valence electrons. The van der Waals surface area contributed by atoms with Crippen molar-refractivity contribution < 1.29 is 19.2 Å². The third-order valence-corrected chi connectivity index (χ3v) is 6.49. The van der Waals surface area contributed by atoms with E-state index in [1.165, 1.54) is 29.7 Å². The zero-order valence-corrected chi connectivity index (χ0v) is 18.2. The summed E-state index contributed by atoms with van der Waals surface area (Å²) in [6.07, 6.45) is 5.25. The van der Waals surface area contributed by atoms with Gasteiger partial charge in [0, 0.05) is 29.8 Å². The minimum absolute atomic E-state index is 0.0748. The van der Waals surface area contributed by atoms with Crippen LogP contribution < -0.4 is 19.9 Å². The molecule has 6 nitrogen and oxygen atoms in total. The highest BCUT2D eigenvalue weighted by Crippen LogP contribution is 2.22. The second-order valence-corrected chi connectivity index (χ2v) is 8.45. The fourth-order valence-electron chi connectivity index (χ4n) is 4.70. The molecule has 0 bridgehead atoms. The van der Waals surface area contributed by atoms with Crippen LogP contribution in [0.1, 0.15) is 54.1 Å². The highest BCUT2D eigenvalue weighted by atomic mass is 16.5. The number of likely N-dealkylation sites (tertiary alicyclic amines) is 1. The first-order valence-electron chi connectivity index (χ1n) is 11.3. The number of quaternary nitrogens is 1.